The van der Waals surface area contributed by atoms with Gasteiger partial charge in [0.15, 0.2) is 6.61 Å². The number of rotatable bonds is 9. The van der Waals surface area contributed by atoms with Crippen LogP contribution in [0.15, 0.2) is 83.8 Å². The van der Waals surface area contributed by atoms with Gasteiger partial charge in [-0.25, -0.2) is 13.2 Å². The van der Waals surface area contributed by atoms with E-state index in [1.54, 1.807) is 31.3 Å². The Bertz CT molecular complexity index is 1250. The lowest BCUT2D eigenvalue weighted by Gasteiger charge is -2.20. The monoisotopic (exact) mass is 482 g/mol. The van der Waals surface area contributed by atoms with Crippen LogP contribution in [0.2, 0.25) is 0 Å². The molecule has 0 N–H and O–H groups in total. The van der Waals surface area contributed by atoms with Gasteiger partial charge in [-0.15, -0.1) is 0 Å². The van der Waals surface area contributed by atoms with Crippen molar-refractivity contribution in [3.05, 3.63) is 90.0 Å². The molecule has 0 heterocycles. The molecule has 9 heteroatoms. The molecule has 0 saturated carbocycles. The molecule has 0 saturated heterocycles. The average molecular weight is 483 g/mol. The molecule has 178 valence electrons. The highest BCUT2D eigenvalue weighted by atomic mass is 32.2. The third-order valence-corrected chi connectivity index (χ3v) is 7.00. The molecular weight excluding hydrogens is 456 g/mol. The molecule has 0 bridgehead atoms. The van der Waals surface area contributed by atoms with Crippen LogP contribution in [0.3, 0.4) is 0 Å². The molecule has 0 aliphatic carbocycles. The Hall–Kier alpha value is -3.69. The summed E-state index contributed by atoms with van der Waals surface area (Å²) >= 11 is 0. The summed E-state index contributed by atoms with van der Waals surface area (Å²) in [6.07, 6.45) is 0. The lowest BCUT2D eigenvalue weighted by Crippen LogP contribution is -2.31. The number of benzene rings is 3. The third kappa shape index (κ3) is 5.81. The molecule has 3 aromatic rings. The first-order valence-corrected chi connectivity index (χ1v) is 11.8. The predicted molar refractivity (Wildman–Crippen MR) is 128 cm³/mol. The van der Waals surface area contributed by atoms with Crippen molar-refractivity contribution in [2.24, 2.45) is 0 Å². The number of carbonyl (C=O) groups excluding carboxylic acids is 2. The minimum Gasteiger partial charge on any atom is -0.495 e. The van der Waals surface area contributed by atoms with Gasteiger partial charge in [0.05, 0.1) is 12.7 Å². The number of likely N-dealkylation sites (N-methyl/N-ethyl adjacent to an activating group) is 1. The molecule has 8 nitrogen and oxygen atoms in total. The van der Waals surface area contributed by atoms with E-state index in [1.807, 2.05) is 36.4 Å². The van der Waals surface area contributed by atoms with Crippen LogP contribution in [0.4, 0.5) is 5.69 Å². The molecular formula is C25H26N2O6S. The quantitative estimate of drug-likeness (QED) is 0.435. The molecule has 3 aromatic carbocycles. The molecule has 0 fully saturated rings. The number of carbonyl (C=O) groups is 2. The number of anilines is 1. The number of para-hydroxylation sites is 1. The van der Waals surface area contributed by atoms with E-state index in [9.17, 15) is 18.0 Å². The second kappa shape index (κ2) is 11.0. The first kappa shape index (κ1) is 24.9. The van der Waals surface area contributed by atoms with Gasteiger partial charge in [0.25, 0.3) is 5.91 Å². The number of hydrogen-bond acceptors (Lipinski definition) is 6. The molecule has 3 rings (SSSR count). The normalized spacial score (nSPS) is 11.2. The zero-order chi connectivity index (χ0) is 24.7. The van der Waals surface area contributed by atoms with Crippen LogP contribution in [0.1, 0.15) is 15.9 Å². The highest BCUT2D eigenvalue weighted by Crippen LogP contribution is 2.28. The summed E-state index contributed by atoms with van der Waals surface area (Å²) in [4.78, 5) is 26.2. The van der Waals surface area contributed by atoms with Gasteiger partial charge in [-0.2, -0.15) is 4.31 Å². The van der Waals surface area contributed by atoms with E-state index in [1.165, 1.54) is 41.6 Å². The Balaban J connectivity index is 1.76. The number of methoxy groups -OCH3 is 1. The van der Waals surface area contributed by atoms with Gasteiger partial charge in [0.1, 0.15) is 10.6 Å². The van der Waals surface area contributed by atoms with E-state index >= 15 is 0 Å². The molecule has 0 unspecified atom stereocenters. The van der Waals surface area contributed by atoms with E-state index in [0.29, 0.717) is 5.69 Å². The zero-order valence-corrected chi connectivity index (χ0v) is 20.0. The standard InChI is InChI=1S/C25H26N2O6S/c1-26(17-19-10-6-4-7-11-19)34(30,31)23-16-20(14-15-22(23)32-3)25(29)33-18-24(28)27(2)21-12-8-5-9-13-21/h4-16H,17-18H2,1-3H3. The van der Waals surface area contributed by atoms with Crippen molar-refractivity contribution in [2.45, 2.75) is 11.4 Å². The van der Waals surface area contributed by atoms with E-state index in [-0.39, 0.29) is 22.8 Å². The third-order valence-electron chi connectivity index (χ3n) is 5.18. The first-order valence-electron chi connectivity index (χ1n) is 10.4. The fraction of sp³-hybridized carbons (Fsp3) is 0.200. The average Bonchev–Trinajstić information content (AvgIpc) is 2.87. The molecule has 0 aromatic heterocycles. The molecule has 0 atom stereocenters. The fourth-order valence-corrected chi connectivity index (χ4v) is 4.54. The van der Waals surface area contributed by atoms with Gasteiger partial charge in [-0.3, -0.25) is 4.79 Å². The lowest BCUT2D eigenvalue weighted by molar-refractivity contribution is -0.121. The van der Waals surface area contributed by atoms with Crippen LogP contribution in [-0.2, 0) is 26.1 Å². The number of amides is 1. The smallest absolute Gasteiger partial charge is 0.338 e. The predicted octanol–water partition coefficient (Wildman–Crippen LogP) is 3.34. The topological polar surface area (TPSA) is 93.2 Å². The van der Waals surface area contributed by atoms with Gasteiger partial charge in [-0.1, -0.05) is 48.5 Å². The van der Waals surface area contributed by atoms with Gasteiger partial charge in [0.2, 0.25) is 10.0 Å². The summed E-state index contributed by atoms with van der Waals surface area (Å²) < 4.78 is 38.0. The molecule has 0 radical (unpaired) electrons. The van der Waals surface area contributed by atoms with Gasteiger partial charge in [0, 0.05) is 26.3 Å². The minimum absolute atomic E-state index is 0.0114. The maximum Gasteiger partial charge on any atom is 0.338 e. The summed E-state index contributed by atoms with van der Waals surface area (Å²) in [7, 11) is 0.382. The highest BCUT2D eigenvalue weighted by Gasteiger charge is 2.27. The number of nitrogens with zero attached hydrogens (tertiary/aromatic N) is 2. The molecule has 1 amide bonds. The first-order chi connectivity index (χ1) is 16.2. The summed E-state index contributed by atoms with van der Waals surface area (Å²) in [5.74, 6) is -1.15. The van der Waals surface area contributed by atoms with Crippen LogP contribution in [-0.4, -0.2) is 52.4 Å². The molecule has 0 spiro atoms. The Morgan fingerprint density at radius 3 is 2.12 bits per heavy atom. The van der Waals surface area contributed by atoms with E-state index in [2.05, 4.69) is 0 Å². The van der Waals surface area contributed by atoms with Crippen LogP contribution in [0, 0.1) is 0 Å². The van der Waals surface area contributed by atoms with Crippen molar-refractivity contribution in [1.29, 1.82) is 0 Å². The van der Waals surface area contributed by atoms with Crippen molar-refractivity contribution in [2.75, 3.05) is 32.7 Å². The van der Waals surface area contributed by atoms with E-state index in [0.717, 1.165) is 5.56 Å². The van der Waals surface area contributed by atoms with Crippen molar-refractivity contribution >= 4 is 27.6 Å². The number of sulfonamides is 1. The summed E-state index contributed by atoms with van der Waals surface area (Å²) in [6.45, 7) is -0.354. The highest BCUT2D eigenvalue weighted by molar-refractivity contribution is 7.89. The second-order valence-corrected chi connectivity index (χ2v) is 9.49. The van der Waals surface area contributed by atoms with E-state index < -0.39 is 28.5 Å². The SMILES string of the molecule is COc1ccc(C(=O)OCC(=O)N(C)c2ccccc2)cc1S(=O)(=O)N(C)Cc1ccccc1. The zero-order valence-electron chi connectivity index (χ0n) is 19.2. The van der Waals surface area contributed by atoms with Crippen LogP contribution >= 0.6 is 0 Å². The molecule has 0 aliphatic rings. The maximum absolute atomic E-state index is 13.2. The van der Waals surface area contributed by atoms with Gasteiger partial charge < -0.3 is 14.4 Å². The Morgan fingerprint density at radius 1 is 0.882 bits per heavy atom. The van der Waals surface area contributed by atoms with Gasteiger partial charge in [-0.05, 0) is 35.9 Å². The Morgan fingerprint density at radius 2 is 1.50 bits per heavy atom. The molecule has 34 heavy (non-hydrogen) atoms. The van der Waals surface area contributed by atoms with Crippen molar-refractivity contribution in [3.63, 3.8) is 0 Å². The van der Waals surface area contributed by atoms with E-state index in [4.69, 9.17) is 9.47 Å². The largest absolute Gasteiger partial charge is 0.495 e. The van der Waals surface area contributed by atoms with Gasteiger partial charge >= 0.3 is 5.97 Å². The maximum atomic E-state index is 13.2. The number of ether oxygens (including phenoxy) is 2. The summed E-state index contributed by atoms with van der Waals surface area (Å²) in [6, 6.07) is 22.0. The van der Waals surface area contributed by atoms with Crippen molar-refractivity contribution in [1.82, 2.24) is 4.31 Å². The van der Waals surface area contributed by atoms with Crippen molar-refractivity contribution < 1.29 is 27.5 Å². The molecule has 0 aliphatic heterocycles. The van der Waals surface area contributed by atoms with Crippen LogP contribution < -0.4 is 9.64 Å². The summed E-state index contributed by atoms with van der Waals surface area (Å²) in [5.41, 5.74) is 1.45. The Kier molecular flexibility index (Phi) is 8.04. The minimum atomic E-state index is -3.99. The Labute approximate surface area is 199 Å². The van der Waals surface area contributed by atoms with Crippen molar-refractivity contribution in [3.8, 4) is 5.75 Å². The lowest BCUT2D eigenvalue weighted by atomic mass is 10.2. The van der Waals surface area contributed by atoms with Crippen LogP contribution in [0.5, 0.6) is 5.75 Å². The second-order valence-electron chi connectivity index (χ2n) is 7.48. The summed E-state index contributed by atoms with van der Waals surface area (Å²) in [5, 5.41) is 0. The van der Waals surface area contributed by atoms with Crippen LogP contribution in [0.25, 0.3) is 0 Å². The number of esters is 1. The fourth-order valence-electron chi connectivity index (χ4n) is 3.20. The number of hydrogen-bond donors (Lipinski definition) is 0.